The predicted molar refractivity (Wildman–Crippen MR) is 187 cm³/mol. The molecule has 2 aliphatic carbocycles. The minimum atomic E-state index is -0.469. The number of ketones is 2. The van der Waals surface area contributed by atoms with E-state index < -0.39 is 11.2 Å². The molecular weight excluding hydrogens is 818 g/mol. The van der Waals surface area contributed by atoms with Crippen molar-refractivity contribution in [2.75, 3.05) is 26.2 Å². The number of ether oxygens (including phenoxy) is 2. The van der Waals surface area contributed by atoms with Gasteiger partial charge >= 0.3 is 12.2 Å². The Morgan fingerprint density at radius 1 is 0.739 bits per heavy atom. The van der Waals surface area contributed by atoms with Crippen LogP contribution in [-0.2, 0) is 19.1 Å². The molecule has 4 fully saturated rings. The molecule has 2 atom stereocenters. The van der Waals surface area contributed by atoms with E-state index >= 15 is 0 Å². The average molecular weight is 863 g/mol. The van der Waals surface area contributed by atoms with Crippen LogP contribution in [0.2, 0.25) is 0 Å². The largest absolute Gasteiger partial charge is 0.444 e. The molecule has 2 saturated carbocycles. The van der Waals surface area contributed by atoms with Crippen molar-refractivity contribution in [3.8, 4) is 0 Å². The first-order chi connectivity index (χ1) is 21.5. The highest BCUT2D eigenvalue weighted by atomic mass is 127. The highest BCUT2D eigenvalue weighted by Gasteiger charge is 2.39. The lowest BCUT2D eigenvalue weighted by molar-refractivity contribution is -0.118. The number of aromatic nitrogens is 4. The maximum atomic E-state index is 12.0. The number of carbonyl (C=O) groups is 4. The second-order valence-electron chi connectivity index (χ2n) is 14.7. The van der Waals surface area contributed by atoms with Gasteiger partial charge in [-0.25, -0.2) is 9.59 Å². The molecule has 46 heavy (non-hydrogen) atoms. The van der Waals surface area contributed by atoms with Gasteiger partial charge in [-0.05, 0) is 112 Å². The van der Waals surface area contributed by atoms with E-state index in [4.69, 9.17) is 14.6 Å². The first-order valence-electron chi connectivity index (χ1n) is 15.9. The fourth-order valence-corrected chi connectivity index (χ4v) is 7.48. The minimum absolute atomic E-state index is 0.177. The standard InChI is InChI=1S/2C16H22IN3O3/c1-16(2,3)23-15(22)19-8-10(9-19)13-7-14(17)18-20(13)11-4-5-12(21)6-11;1-16(2,3)23-15(22)19-8-10(9-19)13-7-14(17)20(18-13)11-4-5-12(21)6-11/h2*7,10-11H,4-6,8-9H2,1-3H3. The number of hydrogen-bond acceptors (Lipinski definition) is 8. The first-order valence-corrected chi connectivity index (χ1v) is 18.1. The third-order valence-electron chi connectivity index (χ3n) is 8.48. The Bertz CT molecular complexity index is 1480. The topological polar surface area (TPSA) is 129 Å². The molecule has 252 valence electrons. The summed E-state index contributed by atoms with van der Waals surface area (Å²) in [6, 6.07) is 4.52. The quantitative estimate of drug-likeness (QED) is 0.331. The maximum absolute atomic E-state index is 12.0. The van der Waals surface area contributed by atoms with Crippen molar-refractivity contribution in [2.45, 2.75) is 115 Å². The lowest BCUT2D eigenvalue weighted by atomic mass is 9.96. The van der Waals surface area contributed by atoms with E-state index in [0.29, 0.717) is 63.4 Å². The van der Waals surface area contributed by atoms with Crippen LogP contribution in [0.4, 0.5) is 9.59 Å². The zero-order chi connectivity index (χ0) is 33.6. The van der Waals surface area contributed by atoms with Crippen LogP contribution >= 0.6 is 45.2 Å². The smallest absolute Gasteiger partial charge is 0.410 e. The van der Waals surface area contributed by atoms with Crippen molar-refractivity contribution in [3.05, 3.63) is 30.9 Å². The molecular formula is C32H44I2N6O6. The summed E-state index contributed by atoms with van der Waals surface area (Å²) in [4.78, 5) is 50.5. The Hall–Kier alpha value is -2.24. The predicted octanol–water partition coefficient (Wildman–Crippen LogP) is 6.23. The number of carbonyl (C=O) groups excluding carboxylic acids is 4. The van der Waals surface area contributed by atoms with Crippen LogP contribution in [0.25, 0.3) is 0 Å². The number of amides is 2. The Kier molecular flexibility index (Phi) is 10.5. The van der Waals surface area contributed by atoms with Gasteiger partial charge in [0, 0.05) is 69.4 Å². The zero-order valence-corrected chi connectivity index (χ0v) is 31.7. The van der Waals surface area contributed by atoms with Gasteiger partial charge in [-0.15, -0.1) is 0 Å². The van der Waals surface area contributed by atoms with Crippen LogP contribution < -0.4 is 0 Å². The van der Waals surface area contributed by atoms with Gasteiger partial charge in [0.2, 0.25) is 0 Å². The highest BCUT2D eigenvalue weighted by molar-refractivity contribution is 14.1. The van der Waals surface area contributed by atoms with Gasteiger partial charge < -0.3 is 19.3 Å². The number of Topliss-reactive ketones (excluding diaryl/α,β-unsaturated/α-hetero) is 2. The van der Waals surface area contributed by atoms with Crippen molar-refractivity contribution >= 4 is 68.9 Å². The van der Waals surface area contributed by atoms with E-state index in [-0.39, 0.29) is 36.1 Å². The molecule has 4 aliphatic rings. The summed E-state index contributed by atoms with van der Waals surface area (Å²) in [6.45, 7) is 13.8. The van der Waals surface area contributed by atoms with E-state index in [1.165, 1.54) is 0 Å². The molecule has 12 nitrogen and oxygen atoms in total. The average Bonchev–Trinajstić information content (AvgIpc) is 3.64. The Balaban J connectivity index is 0.000000181. The lowest BCUT2D eigenvalue weighted by Crippen LogP contribution is -2.50. The molecule has 2 aliphatic heterocycles. The summed E-state index contributed by atoms with van der Waals surface area (Å²) in [7, 11) is 0. The summed E-state index contributed by atoms with van der Waals surface area (Å²) in [5, 5.41) is 9.27. The zero-order valence-electron chi connectivity index (χ0n) is 27.4. The van der Waals surface area contributed by atoms with Crippen molar-refractivity contribution < 1.29 is 28.7 Å². The number of nitrogens with zero attached hydrogens (tertiary/aromatic N) is 6. The molecule has 2 aromatic heterocycles. The van der Waals surface area contributed by atoms with Gasteiger partial charge in [-0.3, -0.25) is 19.0 Å². The van der Waals surface area contributed by atoms with Crippen molar-refractivity contribution in [3.63, 3.8) is 0 Å². The SMILES string of the molecule is CC(C)(C)OC(=O)N1CC(c2cc(I)n(C3CCC(=O)C3)n2)C1.CC(C)(C)OC(=O)N1CC(c2cc(I)nn2C2CCC(=O)C2)C1. The molecule has 0 spiro atoms. The van der Waals surface area contributed by atoms with Crippen molar-refractivity contribution in [2.24, 2.45) is 0 Å². The monoisotopic (exact) mass is 862 g/mol. The fraction of sp³-hybridized carbons (Fsp3) is 0.688. The van der Waals surface area contributed by atoms with Gasteiger partial charge in [0.05, 0.1) is 21.5 Å². The van der Waals surface area contributed by atoms with Crippen LogP contribution in [0.15, 0.2) is 12.1 Å². The second kappa shape index (κ2) is 13.7. The summed E-state index contributed by atoms with van der Waals surface area (Å²) in [6.07, 6.45) is 3.70. The molecule has 2 aromatic rings. The van der Waals surface area contributed by atoms with Crippen LogP contribution in [-0.4, -0.2) is 90.5 Å². The van der Waals surface area contributed by atoms with Gasteiger partial charge in [-0.2, -0.15) is 10.2 Å². The van der Waals surface area contributed by atoms with Crippen molar-refractivity contribution in [1.82, 2.24) is 29.4 Å². The van der Waals surface area contributed by atoms with Crippen LogP contribution in [0.1, 0.15) is 115 Å². The number of rotatable bonds is 4. The number of halogens is 2. The summed E-state index contributed by atoms with van der Waals surface area (Å²) < 4.78 is 16.8. The fourth-order valence-electron chi connectivity index (χ4n) is 6.11. The number of likely N-dealkylation sites (tertiary alicyclic amines) is 2. The van der Waals surface area contributed by atoms with Crippen LogP contribution in [0, 0.1) is 7.40 Å². The number of hydrogen-bond donors (Lipinski definition) is 0. The molecule has 14 heteroatoms. The first kappa shape index (κ1) is 35.1. The second-order valence-corrected chi connectivity index (χ2v) is 16.9. The van der Waals surface area contributed by atoms with E-state index in [1.54, 1.807) is 9.80 Å². The van der Waals surface area contributed by atoms with Crippen LogP contribution in [0.3, 0.4) is 0 Å². The molecule has 0 N–H and O–H groups in total. The van der Waals surface area contributed by atoms with E-state index in [1.807, 2.05) is 50.9 Å². The van der Waals surface area contributed by atoms with Gasteiger partial charge in [0.15, 0.2) is 0 Å². The summed E-state index contributed by atoms with van der Waals surface area (Å²) in [5.74, 6) is 1.17. The van der Waals surface area contributed by atoms with Gasteiger partial charge in [0.25, 0.3) is 0 Å². The maximum Gasteiger partial charge on any atom is 0.410 e. The highest BCUT2D eigenvalue weighted by Crippen LogP contribution is 2.35. The molecule has 2 unspecified atom stereocenters. The summed E-state index contributed by atoms with van der Waals surface area (Å²) in [5.41, 5.74) is 1.21. The molecule has 2 amide bonds. The molecule has 2 saturated heterocycles. The Morgan fingerprint density at radius 3 is 1.67 bits per heavy atom. The third-order valence-corrected chi connectivity index (χ3v) is 9.81. The van der Waals surface area contributed by atoms with E-state index in [2.05, 4.69) is 62.4 Å². The molecule has 4 heterocycles. The van der Waals surface area contributed by atoms with E-state index in [9.17, 15) is 19.2 Å². The summed E-state index contributed by atoms with van der Waals surface area (Å²) >= 11 is 4.48. The van der Waals surface area contributed by atoms with Gasteiger partial charge in [-0.1, -0.05) is 0 Å². The molecule has 0 bridgehead atoms. The Labute approximate surface area is 297 Å². The Morgan fingerprint density at radius 2 is 1.22 bits per heavy atom. The van der Waals surface area contributed by atoms with Gasteiger partial charge in [0.1, 0.15) is 26.5 Å². The lowest BCUT2D eigenvalue weighted by Gasteiger charge is -2.40. The molecule has 0 radical (unpaired) electrons. The molecule has 6 rings (SSSR count). The minimum Gasteiger partial charge on any atom is -0.444 e. The van der Waals surface area contributed by atoms with E-state index in [0.717, 1.165) is 31.6 Å². The molecule has 0 aromatic carbocycles. The third kappa shape index (κ3) is 8.61. The van der Waals surface area contributed by atoms with Crippen molar-refractivity contribution in [1.29, 1.82) is 0 Å². The van der Waals surface area contributed by atoms with Crippen LogP contribution in [0.5, 0.6) is 0 Å². The normalized spacial score (nSPS) is 22.3.